The third-order valence-electron chi connectivity index (χ3n) is 5.15. The Morgan fingerprint density at radius 2 is 1.84 bits per heavy atom. The first-order chi connectivity index (χ1) is 15.1. The van der Waals surface area contributed by atoms with Crippen LogP contribution in [0.4, 0.5) is 5.69 Å². The van der Waals surface area contributed by atoms with Gasteiger partial charge < -0.3 is 29.2 Å². The van der Waals surface area contributed by atoms with E-state index in [0.29, 0.717) is 60.6 Å². The van der Waals surface area contributed by atoms with E-state index in [2.05, 4.69) is 5.32 Å². The van der Waals surface area contributed by atoms with E-state index in [0.717, 1.165) is 4.88 Å². The van der Waals surface area contributed by atoms with Crippen molar-refractivity contribution in [3.8, 4) is 17.2 Å². The number of ether oxygens (including phenoxy) is 4. The fourth-order valence-electron chi connectivity index (χ4n) is 3.56. The molecule has 1 aromatic carbocycles. The molecule has 2 aliphatic heterocycles. The van der Waals surface area contributed by atoms with Crippen LogP contribution in [0.3, 0.4) is 0 Å². The summed E-state index contributed by atoms with van der Waals surface area (Å²) >= 11 is 1.46. The van der Waals surface area contributed by atoms with Crippen LogP contribution in [0.5, 0.6) is 17.2 Å². The first-order valence-corrected chi connectivity index (χ1v) is 10.8. The second kappa shape index (κ2) is 9.54. The van der Waals surface area contributed by atoms with Crippen LogP contribution in [-0.2, 0) is 16.1 Å². The molecule has 1 N–H and O–H groups in total. The second-order valence-electron chi connectivity index (χ2n) is 7.22. The Kier molecular flexibility index (Phi) is 6.59. The third-order valence-corrected chi connectivity index (χ3v) is 6.20. The van der Waals surface area contributed by atoms with Crippen molar-refractivity contribution in [1.29, 1.82) is 0 Å². The highest BCUT2D eigenvalue weighted by Crippen LogP contribution is 2.40. The summed E-state index contributed by atoms with van der Waals surface area (Å²) in [7, 11) is 3.18. The summed E-state index contributed by atoms with van der Waals surface area (Å²) < 4.78 is 21.2. The van der Waals surface area contributed by atoms with Crippen molar-refractivity contribution in [2.75, 3.05) is 59.1 Å². The normalized spacial score (nSPS) is 15.7. The van der Waals surface area contributed by atoms with Crippen LogP contribution >= 0.6 is 11.3 Å². The molecule has 0 spiro atoms. The smallest absolute Gasteiger partial charge is 0.264 e. The molecule has 0 saturated carbocycles. The zero-order chi connectivity index (χ0) is 21.8. The van der Waals surface area contributed by atoms with Crippen molar-refractivity contribution in [2.45, 2.75) is 6.61 Å². The van der Waals surface area contributed by atoms with Gasteiger partial charge in [0.1, 0.15) is 5.75 Å². The van der Waals surface area contributed by atoms with Gasteiger partial charge in [-0.3, -0.25) is 14.5 Å². The quantitative estimate of drug-likeness (QED) is 0.695. The maximum absolute atomic E-state index is 12.7. The fraction of sp³-hybridized carbons (Fsp3) is 0.429. The van der Waals surface area contributed by atoms with Gasteiger partial charge in [-0.2, -0.15) is 0 Å². The molecule has 0 unspecified atom stereocenters. The van der Waals surface area contributed by atoms with Crippen molar-refractivity contribution >= 4 is 28.8 Å². The summed E-state index contributed by atoms with van der Waals surface area (Å²) in [4.78, 5) is 30.9. The van der Waals surface area contributed by atoms with Crippen LogP contribution in [0.1, 0.15) is 14.5 Å². The summed E-state index contributed by atoms with van der Waals surface area (Å²) in [6.45, 7) is 3.32. The van der Waals surface area contributed by atoms with Gasteiger partial charge in [-0.05, 0) is 12.1 Å². The third kappa shape index (κ3) is 4.92. The molecule has 166 valence electrons. The molecule has 0 atom stereocenters. The molecular weight excluding hydrogens is 422 g/mol. The molecule has 0 bridgehead atoms. The van der Waals surface area contributed by atoms with Crippen molar-refractivity contribution < 1.29 is 28.5 Å². The van der Waals surface area contributed by atoms with Gasteiger partial charge in [0.2, 0.25) is 12.7 Å². The molecular formula is C21H25N3O6S. The molecule has 1 saturated heterocycles. The van der Waals surface area contributed by atoms with Crippen molar-refractivity contribution in [2.24, 2.45) is 0 Å². The highest BCUT2D eigenvalue weighted by Gasteiger charge is 2.25. The Morgan fingerprint density at radius 1 is 1.10 bits per heavy atom. The number of fused-ring (bicyclic) bond motifs is 1. The summed E-state index contributed by atoms with van der Waals surface area (Å²) in [5.74, 6) is 1.55. The van der Waals surface area contributed by atoms with Gasteiger partial charge >= 0.3 is 0 Å². The van der Waals surface area contributed by atoms with Crippen molar-refractivity contribution in [1.82, 2.24) is 9.80 Å². The van der Waals surface area contributed by atoms with E-state index in [1.165, 1.54) is 18.4 Å². The summed E-state index contributed by atoms with van der Waals surface area (Å²) in [6, 6.07) is 7.17. The number of thiophene rings is 1. The predicted molar refractivity (Wildman–Crippen MR) is 115 cm³/mol. The van der Waals surface area contributed by atoms with Gasteiger partial charge in [0.25, 0.3) is 5.91 Å². The van der Waals surface area contributed by atoms with E-state index in [9.17, 15) is 9.59 Å². The van der Waals surface area contributed by atoms with Crippen LogP contribution in [0.15, 0.2) is 24.3 Å². The van der Waals surface area contributed by atoms with Crippen molar-refractivity contribution in [3.63, 3.8) is 0 Å². The zero-order valence-corrected chi connectivity index (χ0v) is 18.3. The van der Waals surface area contributed by atoms with Gasteiger partial charge in [-0.15, -0.1) is 11.3 Å². The highest BCUT2D eigenvalue weighted by molar-refractivity contribution is 7.14. The number of anilines is 1. The first-order valence-electron chi connectivity index (χ1n) is 9.94. The number of nitrogens with one attached hydrogen (secondary N) is 1. The average molecular weight is 448 g/mol. The van der Waals surface area contributed by atoms with Crippen LogP contribution in [0, 0.1) is 0 Å². The Hall–Kier alpha value is -2.82. The minimum atomic E-state index is -0.153. The van der Waals surface area contributed by atoms with Crippen LogP contribution in [-0.4, -0.2) is 75.4 Å². The molecule has 4 rings (SSSR count). The lowest BCUT2D eigenvalue weighted by Gasteiger charge is -2.34. The molecule has 2 aliphatic rings. The van der Waals surface area contributed by atoms with Crippen LogP contribution in [0.25, 0.3) is 0 Å². The van der Waals surface area contributed by atoms with E-state index in [-0.39, 0.29) is 25.2 Å². The number of hydrogen-bond donors (Lipinski definition) is 1. The van der Waals surface area contributed by atoms with Crippen molar-refractivity contribution in [3.05, 3.63) is 34.0 Å². The second-order valence-corrected chi connectivity index (χ2v) is 8.39. The standard InChI is InChI=1S/C21H25N3O6S/c1-27-12-14-3-4-19(31-14)21(26)24-7-5-23(6-8-24)11-20(25)22-15-9-17-18(30-13-29-17)10-16(15)28-2/h3-4,9-10H,5-8,11-13H2,1-2H3,(H,22,25). The number of piperazine rings is 1. The summed E-state index contributed by atoms with van der Waals surface area (Å²) in [6.07, 6.45) is 0. The lowest BCUT2D eigenvalue weighted by atomic mass is 10.2. The summed E-state index contributed by atoms with van der Waals surface area (Å²) in [5.41, 5.74) is 0.537. The number of nitrogens with zero attached hydrogens (tertiary/aromatic N) is 2. The lowest BCUT2D eigenvalue weighted by Crippen LogP contribution is -2.50. The molecule has 3 heterocycles. The SMILES string of the molecule is COCc1ccc(C(=O)N2CCN(CC(=O)Nc3cc4c(cc3OC)OCO4)CC2)s1. The molecule has 0 radical (unpaired) electrons. The molecule has 2 amide bonds. The topological polar surface area (TPSA) is 89.6 Å². The first kappa shape index (κ1) is 21.4. The number of benzene rings is 1. The number of carbonyl (C=O) groups is 2. The Bertz CT molecular complexity index is 955. The zero-order valence-electron chi connectivity index (χ0n) is 17.5. The Morgan fingerprint density at radius 3 is 2.55 bits per heavy atom. The molecule has 0 aliphatic carbocycles. The lowest BCUT2D eigenvalue weighted by molar-refractivity contribution is -0.117. The fourth-order valence-corrected chi connectivity index (χ4v) is 4.51. The monoisotopic (exact) mass is 447 g/mol. The van der Waals surface area contributed by atoms with Gasteiger partial charge in [-0.1, -0.05) is 0 Å². The van der Waals surface area contributed by atoms with Gasteiger partial charge in [0, 0.05) is 50.3 Å². The van der Waals surface area contributed by atoms with Crippen LogP contribution < -0.4 is 19.5 Å². The molecule has 9 nitrogen and oxygen atoms in total. The maximum Gasteiger partial charge on any atom is 0.264 e. The van der Waals surface area contributed by atoms with Gasteiger partial charge in [0.05, 0.1) is 30.8 Å². The van der Waals surface area contributed by atoms with Gasteiger partial charge in [-0.25, -0.2) is 0 Å². The Balaban J connectivity index is 1.29. The molecule has 31 heavy (non-hydrogen) atoms. The largest absolute Gasteiger partial charge is 0.494 e. The molecule has 2 aromatic rings. The number of rotatable bonds is 7. The Labute approximate surface area is 184 Å². The van der Waals surface area contributed by atoms with E-state index in [1.807, 2.05) is 21.9 Å². The minimum Gasteiger partial charge on any atom is -0.494 e. The highest BCUT2D eigenvalue weighted by atomic mass is 32.1. The van der Waals surface area contributed by atoms with E-state index >= 15 is 0 Å². The number of amides is 2. The van der Waals surface area contributed by atoms with Crippen LogP contribution in [0.2, 0.25) is 0 Å². The summed E-state index contributed by atoms with van der Waals surface area (Å²) in [5, 5.41) is 2.88. The number of carbonyl (C=O) groups excluding carboxylic acids is 2. The average Bonchev–Trinajstić information content (AvgIpc) is 3.42. The van der Waals surface area contributed by atoms with E-state index < -0.39 is 0 Å². The number of hydrogen-bond acceptors (Lipinski definition) is 8. The molecule has 1 aromatic heterocycles. The predicted octanol–water partition coefficient (Wildman–Crippen LogP) is 2.03. The minimum absolute atomic E-state index is 0.0292. The van der Waals surface area contributed by atoms with E-state index in [4.69, 9.17) is 18.9 Å². The maximum atomic E-state index is 12.7. The molecule has 10 heteroatoms. The van der Waals surface area contributed by atoms with E-state index in [1.54, 1.807) is 19.2 Å². The van der Waals surface area contributed by atoms with Gasteiger partial charge in [0.15, 0.2) is 11.5 Å². The molecule has 1 fully saturated rings. The number of methoxy groups -OCH3 is 2.